The van der Waals surface area contributed by atoms with Crippen molar-refractivity contribution in [1.29, 1.82) is 0 Å². The molecule has 3 nitrogen and oxygen atoms in total. The molecule has 1 aliphatic carbocycles. The average Bonchev–Trinajstić information content (AvgIpc) is 2.95. The number of aryl methyl sites for hydroxylation is 1. The quantitative estimate of drug-likeness (QED) is 0.867. The van der Waals surface area contributed by atoms with Crippen molar-refractivity contribution in [2.75, 3.05) is 0 Å². The fraction of sp³-hybridized carbons (Fsp3) is 0.412. The molecule has 0 fully saturated rings. The highest BCUT2D eigenvalue weighted by molar-refractivity contribution is 7.11. The van der Waals surface area contributed by atoms with E-state index < -0.39 is 5.38 Å². The summed E-state index contributed by atoms with van der Waals surface area (Å²) in [5.74, 6) is 0.441. The number of fused-ring (bicyclic) bond motifs is 1. The minimum atomic E-state index is -0.503. The Morgan fingerprint density at radius 2 is 2.23 bits per heavy atom. The van der Waals surface area contributed by atoms with Gasteiger partial charge in [-0.15, -0.1) is 22.9 Å². The van der Waals surface area contributed by atoms with E-state index in [1.54, 1.807) is 18.3 Å². The molecule has 1 aromatic heterocycles. The first-order chi connectivity index (χ1) is 10.6. The topological polar surface area (TPSA) is 42.0 Å². The Morgan fingerprint density at radius 3 is 2.95 bits per heavy atom. The Bertz CT molecular complexity index is 654. The second-order valence-corrected chi connectivity index (χ2v) is 7.48. The van der Waals surface area contributed by atoms with Crippen LogP contribution in [0.4, 0.5) is 0 Å². The zero-order valence-corrected chi connectivity index (χ0v) is 14.1. The maximum Gasteiger partial charge on any atom is 0.238 e. The SMILES string of the molecule is CC(Cl)C(=O)NCc1nc2c(s1)CC(c1ccccc1)CC2. The van der Waals surface area contributed by atoms with Crippen molar-refractivity contribution in [2.45, 2.75) is 44.0 Å². The molecular formula is C17H19ClN2OS. The fourth-order valence-corrected chi connectivity index (χ4v) is 4.03. The molecule has 22 heavy (non-hydrogen) atoms. The highest BCUT2D eigenvalue weighted by atomic mass is 35.5. The molecule has 0 aliphatic heterocycles. The number of hydrogen-bond acceptors (Lipinski definition) is 3. The Hall–Kier alpha value is -1.39. The standard InChI is InChI=1S/C17H19ClN2OS/c1-11(18)17(21)19-10-16-20-14-8-7-13(9-15(14)22-16)12-5-3-2-4-6-12/h2-6,11,13H,7-10H2,1H3,(H,19,21). The summed E-state index contributed by atoms with van der Waals surface area (Å²) in [5.41, 5.74) is 2.62. The molecular weight excluding hydrogens is 316 g/mol. The summed E-state index contributed by atoms with van der Waals surface area (Å²) >= 11 is 7.47. The van der Waals surface area contributed by atoms with Crippen LogP contribution in [0.3, 0.4) is 0 Å². The molecule has 3 rings (SSSR count). The van der Waals surface area contributed by atoms with Gasteiger partial charge < -0.3 is 5.32 Å². The first-order valence-corrected chi connectivity index (χ1v) is 8.83. The van der Waals surface area contributed by atoms with Gasteiger partial charge >= 0.3 is 0 Å². The third-order valence-electron chi connectivity index (χ3n) is 4.03. The molecule has 1 N–H and O–H groups in total. The summed E-state index contributed by atoms with van der Waals surface area (Å²) in [6.45, 7) is 2.15. The molecule has 1 aliphatic rings. The Balaban J connectivity index is 1.67. The van der Waals surface area contributed by atoms with E-state index in [1.165, 1.54) is 16.1 Å². The van der Waals surface area contributed by atoms with Gasteiger partial charge in [-0.25, -0.2) is 4.98 Å². The summed E-state index contributed by atoms with van der Waals surface area (Å²) in [5, 5.41) is 3.30. The number of carbonyl (C=O) groups is 1. The van der Waals surface area contributed by atoms with E-state index in [2.05, 4.69) is 40.6 Å². The van der Waals surface area contributed by atoms with Crippen LogP contribution in [0.2, 0.25) is 0 Å². The normalized spacial score (nSPS) is 18.5. The van der Waals surface area contributed by atoms with Gasteiger partial charge in [-0.1, -0.05) is 30.3 Å². The number of thiazole rings is 1. The number of nitrogens with one attached hydrogen (secondary N) is 1. The minimum absolute atomic E-state index is 0.142. The smallest absolute Gasteiger partial charge is 0.238 e. The first kappa shape index (κ1) is 15.5. The van der Waals surface area contributed by atoms with Gasteiger partial charge in [0.25, 0.3) is 0 Å². The highest BCUT2D eigenvalue weighted by Gasteiger charge is 2.23. The number of carbonyl (C=O) groups excluding carboxylic acids is 1. The van der Waals surface area contributed by atoms with Crippen LogP contribution in [0.1, 0.15) is 40.4 Å². The molecule has 1 aromatic carbocycles. The zero-order chi connectivity index (χ0) is 15.5. The molecule has 0 saturated heterocycles. The summed E-state index contributed by atoms with van der Waals surface area (Å²) in [6.07, 6.45) is 3.22. The van der Waals surface area contributed by atoms with Crippen molar-refractivity contribution in [2.24, 2.45) is 0 Å². The van der Waals surface area contributed by atoms with E-state index in [4.69, 9.17) is 11.6 Å². The summed E-state index contributed by atoms with van der Waals surface area (Å²) in [4.78, 5) is 17.6. The number of halogens is 1. The largest absolute Gasteiger partial charge is 0.348 e. The third-order valence-corrected chi connectivity index (χ3v) is 5.35. The molecule has 0 bridgehead atoms. The number of rotatable bonds is 4. The summed E-state index contributed by atoms with van der Waals surface area (Å²) in [6, 6.07) is 10.7. The number of aromatic nitrogens is 1. The van der Waals surface area contributed by atoms with Crippen molar-refractivity contribution < 1.29 is 4.79 Å². The van der Waals surface area contributed by atoms with Crippen LogP contribution in [-0.2, 0) is 24.2 Å². The zero-order valence-electron chi connectivity index (χ0n) is 12.5. The van der Waals surface area contributed by atoms with E-state index >= 15 is 0 Å². The first-order valence-electron chi connectivity index (χ1n) is 7.57. The maximum atomic E-state index is 11.5. The number of benzene rings is 1. The van der Waals surface area contributed by atoms with Crippen LogP contribution in [-0.4, -0.2) is 16.3 Å². The van der Waals surface area contributed by atoms with Gasteiger partial charge in [0.05, 0.1) is 12.2 Å². The van der Waals surface area contributed by atoms with Gasteiger partial charge in [-0.2, -0.15) is 0 Å². The molecule has 0 saturated carbocycles. The van der Waals surface area contributed by atoms with Crippen LogP contribution < -0.4 is 5.32 Å². The lowest BCUT2D eigenvalue weighted by atomic mass is 9.85. The lowest BCUT2D eigenvalue weighted by molar-refractivity contribution is -0.120. The van der Waals surface area contributed by atoms with Crippen LogP contribution >= 0.6 is 22.9 Å². The van der Waals surface area contributed by atoms with Gasteiger partial charge in [0.1, 0.15) is 10.4 Å². The summed E-state index contributed by atoms with van der Waals surface area (Å²) in [7, 11) is 0. The lowest BCUT2D eigenvalue weighted by Crippen LogP contribution is -2.28. The molecule has 1 amide bonds. The molecule has 0 spiro atoms. The number of alkyl halides is 1. The van der Waals surface area contributed by atoms with Crippen molar-refractivity contribution in [3.8, 4) is 0 Å². The third kappa shape index (κ3) is 3.50. The maximum absolute atomic E-state index is 11.5. The van der Waals surface area contributed by atoms with E-state index in [0.29, 0.717) is 12.5 Å². The van der Waals surface area contributed by atoms with E-state index in [9.17, 15) is 4.79 Å². The Morgan fingerprint density at radius 1 is 1.45 bits per heavy atom. The van der Waals surface area contributed by atoms with Gasteiger partial charge in [0.2, 0.25) is 5.91 Å². The molecule has 5 heteroatoms. The van der Waals surface area contributed by atoms with Gasteiger partial charge in [0, 0.05) is 4.88 Å². The number of amides is 1. The summed E-state index contributed by atoms with van der Waals surface area (Å²) < 4.78 is 0. The predicted molar refractivity (Wildman–Crippen MR) is 90.5 cm³/mol. The predicted octanol–water partition coefficient (Wildman–Crippen LogP) is 3.66. The minimum Gasteiger partial charge on any atom is -0.348 e. The molecule has 2 unspecified atom stereocenters. The Kier molecular flexibility index (Phi) is 4.79. The molecule has 0 radical (unpaired) electrons. The second kappa shape index (κ2) is 6.80. The van der Waals surface area contributed by atoms with Gasteiger partial charge in [-0.05, 0) is 37.7 Å². The molecule has 2 atom stereocenters. The number of hydrogen-bond donors (Lipinski definition) is 1. The molecule has 116 valence electrons. The van der Waals surface area contributed by atoms with Crippen molar-refractivity contribution in [3.05, 3.63) is 51.5 Å². The van der Waals surface area contributed by atoms with Crippen LogP contribution in [0.5, 0.6) is 0 Å². The van der Waals surface area contributed by atoms with Gasteiger partial charge in [-0.3, -0.25) is 4.79 Å². The van der Waals surface area contributed by atoms with E-state index in [0.717, 1.165) is 24.3 Å². The highest BCUT2D eigenvalue weighted by Crippen LogP contribution is 2.35. The number of nitrogens with zero attached hydrogens (tertiary/aromatic N) is 1. The van der Waals surface area contributed by atoms with E-state index in [1.807, 2.05) is 0 Å². The van der Waals surface area contributed by atoms with Crippen molar-refractivity contribution in [3.63, 3.8) is 0 Å². The van der Waals surface area contributed by atoms with Crippen molar-refractivity contribution in [1.82, 2.24) is 10.3 Å². The van der Waals surface area contributed by atoms with E-state index in [-0.39, 0.29) is 5.91 Å². The van der Waals surface area contributed by atoms with Gasteiger partial charge in [0.15, 0.2) is 0 Å². The second-order valence-electron chi connectivity index (χ2n) is 5.66. The van der Waals surface area contributed by atoms with Crippen molar-refractivity contribution >= 4 is 28.8 Å². The molecule has 1 heterocycles. The molecule has 2 aromatic rings. The fourth-order valence-electron chi connectivity index (χ4n) is 2.82. The van der Waals surface area contributed by atoms with Crippen LogP contribution in [0, 0.1) is 0 Å². The van der Waals surface area contributed by atoms with Crippen LogP contribution in [0.15, 0.2) is 30.3 Å². The average molecular weight is 335 g/mol. The van der Waals surface area contributed by atoms with Crippen LogP contribution in [0.25, 0.3) is 0 Å². The Labute approximate surface area is 139 Å². The lowest BCUT2D eigenvalue weighted by Gasteiger charge is -2.21. The monoisotopic (exact) mass is 334 g/mol.